The Hall–Kier alpha value is -1.63. The number of methoxy groups -OCH3 is 1. The number of hydrogen-bond acceptors (Lipinski definition) is 4. The minimum absolute atomic E-state index is 0.244. The third kappa shape index (κ3) is 2.45. The summed E-state index contributed by atoms with van der Waals surface area (Å²) in [5, 5.41) is 0.244. The van der Waals surface area contributed by atoms with E-state index in [0.717, 1.165) is 17.1 Å². The first-order chi connectivity index (χ1) is 8.41. The summed E-state index contributed by atoms with van der Waals surface area (Å²) in [4.78, 5) is 3.49. The molecule has 0 N–H and O–H groups in total. The van der Waals surface area contributed by atoms with Gasteiger partial charge in [0.05, 0.1) is 7.11 Å². The van der Waals surface area contributed by atoms with Crippen molar-refractivity contribution in [3.63, 3.8) is 0 Å². The first kappa shape index (κ1) is 12.8. The van der Waals surface area contributed by atoms with Crippen molar-refractivity contribution in [1.82, 2.24) is 9.36 Å². The van der Waals surface area contributed by atoms with Gasteiger partial charge >= 0.3 is 6.18 Å². The van der Waals surface area contributed by atoms with E-state index in [2.05, 4.69) is 9.36 Å². The van der Waals surface area contributed by atoms with Crippen LogP contribution in [0.15, 0.2) is 18.2 Å². The molecular formula is C11H9F3N2OS. The molecule has 0 aliphatic rings. The molecule has 18 heavy (non-hydrogen) atoms. The van der Waals surface area contributed by atoms with Gasteiger partial charge in [-0.05, 0) is 42.2 Å². The van der Waals surface area contributed by atoms with Crippen molar-refractivity contribution in [2.24, 2.45) is 0 Å². The minimum Gasteiger partial charge on any atom is -0.496 e. The van der Waals surface area contributed by atoms with Crippen molar-refractivity contribution < 1.29 is 17.9 Å². The lowest BCUT2D eigenvalue weighted by molar-refractivity contribution is -0.144. The molecule has 0 radical (unpaired) electrons. The van der Waals surface area contributed by atoms with Crippen LogP contribution in [0.3, 0.4) is 0 Å². The summed E-state index contributed by atoms with van der Waals surface area (Å²) in [7, 11) is 1.54. The zero-order chi connectivity index (χ0) is 13.3. The maximum absolute atomic E-state index is 12.4. The van der Waals surface area contributed by atoms with Crippen LogP contribution >= 0.6 is 11.5 Å². The van der Waals surface area contributed by atoms with Crippen LogP contribution in [-0.4, -0.2) is 16.5 Å². The van der Waals surface area contributed by atoms with Crippen LogP contribution in [0, 0.1) is 6.92 Å². The molecule has 0 saturated heterocycles. The van der Waals surface area contributed by atoms with E-state index in [1.165, 1.54) is 7.11 Å². The maximum atomic E-state index is 12.4. The van der Waals surface area contributed by atoms with E-state index in [-0.39, 0.29) is 5.01 Å². The fraction of sp³-hybridized carbons (Fsp3) is 0.273. The van der Waals surface area contributed by atoms with Crippen molar-refractivity contribution in [1.29, 1.82) is 0 Å². The second-order valence-corrected chi connectivity index (χ2v) is 4.36. The molecule has 2 aromatic rings. The molecule has 0 saturated carbocycles. The van der Waals surface area contributed by atoms with Crippen LogP contribution < -0.4 is 4.74 Å². The van der Waals surface area contributed by atoms with E-state index in [1.54, 1.807) is 18.2 Å². The van der Waals surface area contributed by atoms with Crippen LogP contribution in [0.5, 0.6) is 5.75 Å². The summed E-state index contributed by atoms with van der Waals surface area (Å²) in [5.74, 6) is -0.421. The van der Waals surface area contributed by atoms with Crippen LogP contribution in [0.2, 0.25) is 0 Å². The predicted molar refractivity (Wildman–Crippen MR) is 61.6 cm³/mol. The lowest BCUT2D eigenvalue weighted by atomic mass is 10.1. The average Bonchev–Trinajstić information content (AvgIpc) is 2.77. The predicted octanol–water partition coefficient (Wildman–Crippen LogP) is 3.54. The molecule has 1 heterocycles. The SMILES string of the molecule is COc1ccc(-c2nc(C(F)(F)F)ns2)cc1C. The number of ether oxygens (including phenoxy) is 1. The van der Waals surface area contributed by atoms with Crippen molar-refractivity contribution in [2.75, 3.05) is 7.11 Å². The summed E-state index contributed by atoms with van der Waals surface area (Å²) in [6, 6.07) is 5.07. The normalized spacial score (nSPS) is 11.6. The summed E-state index contributed by atoms with van der Waals surface area (Å²) in [6.07, 6.45) is -4.50. The summed E-state index contributed by atoms with van der Waals surface area (Å²) < 4.78 is 45.5. The zero-order valence-corrected chi connectivity index (χ0v) is 10.4. The molecule has 0 fully saturated rings. The first-order valence-corrected chi connectivity index (χ1v) is 5.75. The van der Waals surface area contributed by atoms with Gasteiger partial charge in [-0.2, -0.15) is 17.5 Å². The number of rotatable bonds is 2. The lowest BCUT2D eigenvalue weighted by Gasteiger charge is -2.05. The van der Waals surface area contributed by atoms with Crippen LogP contribution in [0.4, 0.5) is 13.2 Å². The van der Waals surface area contributed by atoms with Gasteiger partial charge in [-0.15, -0.1) is 0 Å². The highest BCUT2D eigenvalue weighted by molar-refractivity contribution is 7.09. The Balaban J connectivity index is 2.38. The Morgan fingerprint density at radius 1 is 1.28 bits per heavy atom. The van der Waals surface area contributed by atoms with Gasteiger partial charge in [-0.3, -0.25) is 0 Å². The Bertz CT molecular complexity index is 566. The van der Waals surface area contributed by atoms with Crippen LogP contribution in [-0.2, 0) is 6.18 Å². The van der Waals surface area contributed by atoms with Crippen molar-refractivity contribution in [2.45, 2.75) is 13.1 Å². The second-order valence-electron chi connectivity index (χ2n) is 3.61. The van der Waals surface area contributed by atoms with E-state index >= 15 is 0 Å². The summed E-state index contributed by atoms with van der Waals surface area (Å²) >= 11 is 0.730. The highest BCUT2D eigenvalue weighted by Crippen LogP contribution is 2.32. The van der Waals surface area contributed by atoms with Crippen LogP contribution in [0.25, 0.3) is 10.6 Å². The third-order valence-corrected chi connectivity index (χ3v) is 3.09. The minimum atomic E-state index is -4.50. The quantitative estimate of drug-likeness (QED) is 0.840. The number of aryl methyl sites for hydroxylation is 1. The van der Waals surface area contributed by atoms with Gasteiger partial charge in [-0.25, -0.2) is 4.98 Å². The van der Waals surface area contributed by atoms with E-state index in [4.69, 9.17) is 4.74 Å². The molecule has 0 atom stereocenters. The Kier molecular flexibility index (Phi) is 3.25. The number of alkyl halides is 3. The molecule has 0 unspecified atom stereocenters. The zero-order valence-electron chi connectivity index (χ0n) is 9.58. The summed E-state index contributed by atoms with van der Waals surface area (Å²) in [5.41, 5.74) is 1.43. The van der Waals surface area contributed by atoms with Gasteiger partial charge in [0.1, 0.15) is 10.8 Å². The van der Waals surface area contributed by atoms with E-state index < -0.39 is 12.0 Å². The molecule has 96 valence electrons. The molecule has 1 aromatic carbocycles. The fourth-order valence-electron chi connectivity index (χ4n) is 1.47. The average molecular weight is 274 g/mol. The van der Waals surface area contributed by atoms with Gasteiger partial charge < -0.3 is 4.74 Å². The van der Waals surface area contributed by atoms with Gasteiger partial charge in [0.25, 0.3) is 0 Å². The molecule has 0 aliphatic heterocycles. The third-order valence-electron chi connectivity index (χ3n) is 2.32. The van der Waals surface area contributed by atoms with Gasteiger partial charge in [0.2, 0.25) is 5.82 Å². The number of nitrogens with zero attached hydrogens (tertiary/aromatic N) is 2. The van der Waals surface area contributed by atoms with Gasteiger partial charge in [0, 0.05) is 5.56 Å². The molecule has 0 bridgehead atoms. The second kappa shape index (κ2) is 4.56. The number of benzene rings is 1. The van der Waals surface area contributed by atoms with Gasteiger partial charge in [0.15, 0.2) is 0 Å². The Labute approximate surface area is 105 Å². The highest BCUT2D eigenvalue weighted by Gasteiger charge is 2.36. The lowest BCUT2D eigenvalue weighted by Crippen LogP contribution is -2.06. The maximum Gasteiger partial charge on any atom is 0.452 e. The number of aromatic nitrogens is 2. The molecule has 2 rings (SSSR count). The molecule has 7 heteroatoms. The number of halogens is 3. The molecule has 0 amide bonds. The van der Waals surface area contributed by atoms with E-state index in [9.17, 15) is 13.2 Å². The van der Waals surface area contributed by atoms with Crippen molar-refractivity contribution in [3.8, 4) is 16.3 Å². The van der Waals surface area contributed by atoms with Crippen LogP contribution in [0.1, 0.15) is 11.4 Å². The molecule has 0 spiro atoms. The largest absolute Gasteiger partial charge is 0.496 e. The first-order valence-electron chi connectivity index (χ1n) is 4.97. The smallest absolute Gasteiger partial charge is 0.452 e. The van der Waals surface area contributed by atoms with E-state index in [0.29, 0.717) is 11.3 Å². The van der Waals surface area contributed by atoms with Gasteiger partial charge in [-0.1, -0.05) is 0 Å². The van der Waals surface area contributed by atoms with Crippen molar-refractivity contribution in [3.05, 3.63) is 29.6 Å². The topological polar surface area (TPSA) is 35.0 Å². The molecular weight excluding hydrogens is 265 g/mol. The Morgan fingerprint density at radius 2 is 2.00 bits per heavy atom. The highest BCUT2D eigenvalue weighted by atomic mass is 32.1. The Morgan fingerprint density at radius 3 is 2.50 bits per heavy atom. The van der Waals surface area contributed by atoms with E-state index in [1.807, 2.05) is 6.92 Å². The van der Waals surface area contributed by atoms with Crippen molar-refractivity contribution >= 4 is 11.5 Å². The molecule has 3 nitrogen and oxygen atoms in total. The summed E-state index contributed by atoms with van der Waals surface area (Å²) in [6.45, 7) is 1.81. The number of hydrogen-bond donors (Lipinski definition) is 0. The standard InChI is InChI=1S/C11H9F3N2OS/c1-6-5-7(3-4-8(6)17-2)9-15-10(16-18-9)11(12,13)14/h3-5H,1-2H3. The fourth-order valence-corrected chi connectivity index (χ4v) is 2.14. The molecule has 0 aliphatic carbocycles. The molecule has 1 aromatic heterocycles. The monoisotopic (exact) mass is 274 g/mol.